The molecule has 0 fully saturated rings. The van der Waals surface area contributed by atoms with Gasteiger partial charge in [0.2, 0.25) is 0 Å². The molecule has 0 unspecified atom stereocenters. The third-order valence-corrected chi connectivity index (χ3v) is 2.82. The molecular weight excluding hydrogens is 230 g/mol. The molecule has 1 rings (SSSR count). The second kappa shape index (κ2) is 5.40. The van der Waals surface area contributed by atoms with Crippen LogP contribution in [0.5, 0.6) is 5.75 Å². The fraction of sp³-hybridized carbons (Fsp3) is 0.500. The van der Waals surface area contributed by atoms with Crippen LogP contribution in [-0.4, -0.2) is 17.7 Å². The van der Waals surface area contributed by atoms with Gasteiger partial charge in [-0.15, -0.1) is 0 Å². The normalized spacial score (nSPS) is 13.2. The Labute approximate surface area is 108 Å². The van der Waals surface area contributed by atoms with Crippen LogP contribution in [0.15, 0.2) is 18.2 Å². The molecule has 18 heavy (non-hydrogen) atoms. The summed E-state index contributed by atoms with van der Waals surface area (Å²) in [7, 11) is 0. The molecule has 1 aromatic carbocycles. The summed E-state index contributed by atoms with van der Waals surface area (Å²) in [4.78, 5) is 11.0. The van der Waals surface area contributed by atoms with Crippen molar-refractivity contribution in [2.45, 2.75) is 33.7 Å². The van der Waals surface area contributed by atoms with Crippen molar-refractivity contribution in [2.24, 2.45) is 11.1 Å². The van der Waals surface area contributed by atoms with E-state index in [1.54, 1.807) is 13.8 Å². The molecule has 0 aromatic heterocycles. The maximum absolute atomic E-state index is 11.0. The van der Waals surface area contributed by atoms with Gasteiger partial charge in [0.05, 0.1) is 5.41 Å². The number of hydrogen-bond acceptors (Lipinski definition) is 3. The first-order valence-corrected chi connectivity index (χ1v) is 5.96. The number of carboxylic acids is 1. The van der Waals surface area contributed by atoms with Crippen LogP contribution in [0.2, 0.25) is 0 Å². The number of rotatable bonds is 5. The van der Waals surface area contributed by atoms with E-state index < -0.39 is 11.4 Å². The maximum atomic E-state index is 11.0. The topological polar surface area (TPSA) is 72.5 Å². The monoisotopic (exact) mass is 251 g/mol. The van der Waals surface area contributed by atoms with Gasteiger partial charge in [0, 0.05) is 11.6 Å². The number of ether oxygens (including phenoxy) is 1. The quantitative estimate of drug-likeness (QED) is 0.843. The Balaban J connectivity index is 2.88. The van der Waals surface area contributed by atoms with Gasteiger partial charge in [-0.25, -0.2) is 0 Å². The van der Waals surface area contributed by atoms with Crippen LogP contribution in [0.3, 0.4) is 0 Å². The molecule has 0 radical (unpaired) electrons. The zero-order valence-electron chi connectivity index (χ0n) is 11.4. The summed E-state index contributed by atoms with van der Waals surface area (Å²) in [5.74, 6) is -0.220. The van der Waals surface area contributed by atoms with E-state index in [-0.39, 0.29) is 12.6 Å². The molecule has 3 N–H and O–H groups in total. The van der Waals surface area contributed by atoms with E-state index in [2.05, 4.69) is 0 Å². The molecular formula is C14H21NO3. The minimum Gasteiger partial charge on any atom is -0.492 e. The van der Waals surface area contributed by atoms with E-state index in [0.717, 1.165) is 11.1 Å². The summed E-state index contributed by atoms with van der Waals surface area (Å²) in [6, 6.07) is 5.59. The Bertz CT molecular complexity index is 439. The van der Waals surface area contributed by atoms with E-state index in [9.17, 15) is 4.79 Å². The molecule has 0 amide bonds. The average molecular weight is 251 g/mol. The zero-order chi connectivity index (χ0) is 13.9. The minimum atomic E-state index is -0.917. The summed E-state index contributed by atoms with van der Waals surface area (Å²) in [5.41, 5.74) is 6.97. The zero-order valence-corrected chi connectivity index (χ0v) is 11.4. The Morgan fingerprint density at radius 2 is 2.11 bits per heavy atom. The van der Waals surface area contributed by atoms with Crippen LogP contribution < -0.4 is 10.5 Å². The molecule has 0 heterocycles. The van der Waals surface area contributed by atoms with Gasteiger partial charge < -0.3 is 15.6 Å². The Morgan fingerprint density at radius 1 is 1.50 bits per heavy atom. The maximum Gasteiger partial charge on any atom is 0.312 e. The second-order valence-corrected chi connectivity index (χ2v) is 5.31. The van der Waals surface area contributed by atoms with Crippen LogP contribution in [0.1, 0.15) is 37.9 Å². The van der Waals surface area contributed by atoms with Crippen molar-refractivity contribution in [2.75, 3.05) is 6.61 Å². The molecule has 0 spiro atoms. The predicted molar refractivity (Wildman–Crippen MR) is 70.7 cm³/mol. The summed E-state index contributed by atoms with van der Waals surface area (Å²) >= 11 is 0. The summed E-state index contributed by atoms with van der Waals surface area (Å²) in [5, 5.41) is 9.04. The van der Waals surface area contributed by atoms with Crippen molar-refractivity contribution in [3.63, 3.8) is 0 Å². The molecule has 100 valence electrons. The van der Waals surface area contributed by atoms with Crippen molar-refractivity contribution >= 4 is 5.97 Å². The van der Waals surface area contributed by atoms with Gasteiger partial charge in [-0.2, -0.15) is 0 Å². The lowest BCUT2D eigenvalue weighted by atomic mass is 9.95. The van der Waals surface area contributed by atoms with Gasteiger partial charge in [-0.3, -0.25) is 4.79 Å². The fourth-order valence-electron chi connectivity index (χ4n) is 1.48. The highest BCUT2D eigenvalue weighted by molar-refractivity contribution is 5.73. The standard InChI is InChI=1S/C14H21NO3/c1-9-5-6-12(11(7-9)10(2)15)18-8-14(3,4)13(16)17/h5-7,10H,8,15H2,1-4H3,(H,16,17)/t10-/m0/s1. The predicted octanol–water partition coefficient (Wildman–Crippen LogP) is 2.50. The highest BCUT2D eigenvalue weighted by Crippen LogP contribution is 2.27. The van der Waals surface area contributed by atoms with Crippen molar-refractivity contribution < 1.29 is 14.6 Å². The molecule has 4 heteroatoms. The third-order valence-electron chi connectivity index (χ3n) is 2.82. The lowest BCUT2D eigenvalue weighted by Gasteiger charge is -2.22. The van der Waals surface area contributed by atoms with Gasteiger partial charge in [-0.05, 0) is 33.8 Å². The number of aliphatic carboxylic acids is 1. The highest BCUT2D eigenvalue weighted by atomic mass is 16.5. The van der Waals surface area contributed by atoms with Crippen LogP contribution in [-0.2, 0) is 4.79 Å². The van der Waals surface area contributed by atoms with E-state index in [1.165, 1.54) is 0 Å². The smallest absolute Gasteiger partial charge is 0.312 e. The molecule has 4 nitrogen and oxygen atoms in total. The number of nitrogens with two attached hydrogens (primary N) is 1. The van der Waals surface area contributed by atoms with Crippen molar-refractivity contribution in [1.29, 1.82) is 0 Å². The first-order valence-electron chi connectivity index (χ1n) is 5.96. The molecule has 0 aliphatic heterocycles. The highest BCUT2D eigenvalue weighted by Gasteiger charge is 2.28. The van der Waals surface area contributed by atoms with Crippen LogP contribution in [0.25, 0.3) is 0 Å². The van der Waals surface area contributed by atoms with Crippen LogP contribution >= 0.6 is 0 Å². The number of carbonyl (C=O) groups is 1. The fourth-order valence-corrected chi connectivity index (χ4v) is 1.48. The van der Waals surface area contributed by atoms with Gasteiger partial charge in [0.1, 0.15) is 12.4 Å². The van der Waals surface area contributed by atoms with Gasteiger partial charge in [0.15, 0.2) is 0 Å². The Morgan fingerprint density at radius 3 is 2.61 bits per heavy atom. The number of carboxylic acid groups (broad SMARTS) is 1. The van der Waals surface area contributed by atoms with Crippen molar-refractivity contribution in [1.82, 2.24) is 0 Å². The summed E-state index contributed by atoms with van der Waals surface area (Å²) in [6.07, 6.45) is 0. The molecule has 0 bridgehead atoms. The Hall–Kier alpha value is -1.55. The van der Waals surface area contributed by atoms with E-state index in [0.29, 0.717) is 5.75 Å². The Kier molecular flexibility index (Phi) is 4.35. The number of benzene rings is 1. The minimum absolute atomic E-state index is 0.116. The summed E-state index contributed by atoms with van der Waals surface area (Å²) < 4.78 is 5.62. The average Bonchev–Trinajstić information content (AvgIpc) is 2.27. The van der Waals surface area contributed by atoms with Gasteiger partial charge in [0.25, 0.3) is 0 Å². The van der Waals surface area contributed by atoms with Crippen LogP contribution in [0.4, 0.5) is 0 Å². The molecule has 1 aromatic rings. The SMILES string of the molecule is Cc1ccc(OCC(C)(C)C(=O)O)c([C@H](C)N)c1. The lowest BCUT2D eigenvalue weighted by molar-refractivity contribution is -0.148. The molecule has 0 saturated heterocycles. The largest absolute Gasteiger partial charge is 0.492 e. The van der Waals surface area contributed by atoms with Gasteiger partial charge >= 0.3 is 5.97 Å². The van der Waals surface area contributed by atoms with Crippen LogP contribution in [0, 0.1) is 12.3 Å². The molecule has 0 aliphatic carbocycles. The van der Waals surface area contributed by atoms with Crippen molar-refractivity contribution in [3.8, 4) is 5.75 Å². The molecule has 0 aliphatic rings. The van der Waals surface area contributed by atoms with E-state index in [1.807, 2.05) is 32.0 Å². The van der Waals surface area contributed by atoms with Crippen molar-refractivity contribution in [3.05, 3.63) is 29.3 Å². The first kappa shape index (κ1) is 14.5. The van der Waals surface area contributed by atoms with E-state index >= 15 is 0 Å². The first-order chi connectivity index (χ1) is 8.24. The lowest BCUT2D eigenvalue weighted by Crippen LogP contribution is -2.31. The van der Waals surface area contributed by atoms with Gasteiger partial charge in [-0.1, -0.05) is 17.7 Å². The molecule has 0 saturated carbocycles. The summed E-state index contributed by atoms with van der Waals surface area (Å²) in [6.45, 7) is 7.25. The molecule has 1 atom stereocenters. The van der Waals surface area contributed by atoms with E-state index in [4.69, 9.17) is 15.6 Å². The second-order valence-electron chi connectivity index (χ2n) is 5.31. The third kappa shape index (κ3) is 3.47. The number of aryl methyl sites for hydroxylation is 1. The number of hydrogen-bond donors (Lipinski definition) is 2.